The number of ether oxygens (including phenoxy) is 1. The van der Waals surface area contributed by atoms with E-state index in [2.05, 4.69) is 6.92 Å². The summed E-state index contributed by atoms with van der Waals surface area (Å²) in [4.78, 5) is 21.3. The van der Waals surface area contributed by atoms with Crippen LogP contribution in [0.2, 0.25) is 0 Å². The van der Waals surface area contributed by atoms with E-state index in [1.807, 2.05) is 12.1 Å². The molecule has 0 radical (unpaired) electrons. The highest BCUT2D eigenvalue weighted by atomic mass is 16.5. The average Bonchev–Trinajstić information content (AvgIpc) is 2.45. The van der Waals surface area contributed by atoms with Crippen molar-refractivity contribution in [1.82, 2.24) is 0 Å². The maximum Gasteiger partial charge on any atom is 0.376 e. The lowest BCUT2D eigenvalue weighted by molar-refractivity contribution is -0.146. The Morgan fingerprint density at radius 2 is 2.05 bits per heavy atom. The number of carbonyl (C=O) groups is 2. The number of ketones is 1. The molecule has 1 aromatic rings. The number of rotatable bonds is 9. The van der Waals surface area contributed by atoms with Crippen LogP contribution in [0.15, 0.2) is 30.3 Å². The second-order valence-electron chi connectivity index (χ2n) is 4.48. The van der Waals surface area contributed by atoms with Crippen molar-refractivity contribution >= 4 is 17.8 Å². The number of aliphatic carboxylic acids is 1. The summed E-state index contributed by atoms with van der Waals surface area (Å²) in [6, 6.07) is 7.23. The number of unbranched alkanes of at least 4 members (excludes halogenated alkanes) is 3. The van der Waals surface area contributed by atoms with Crippen molar-refractivity contribution in [3.63, 3.8) is 0 Å². The number of hydrogen-bond donors (Lipinski definition) is 1. The third-order valence-electron chi connectivity index (χ3n) is 2.76. The van der Waals surface area contributed by atoms with E-state index in [0.29, 0.717) is 6.61 Å². The van der Waals surface area contributed by atoms with E-state index < -0.39 is 11.8 Å². The number of carbonyl (C=O) groups excluding carboxylic acids is 1. The van der Waals surface area contributed by atoms with Crippen LogP contribution in [-0.4, -0.2) is 23.5 Å². The van der Waals surface area contributed by atoms with E-state index in [1.165, 1.54) is 18.9 Å². The minimum atomic E-state index is -1.45. The van der Waals surface area contributed by atoms with Gasteiger partial charge in [0.25, 0.3) is 5.78 Å². The Morgan fingerprint density at radius 1 is 1.25 bits per heavy atom. The lowest BCUT2D eigenvalue weighted by Crippen LogP contribution is -2.08. The molecule has 4 nitrogen and oxygen atoms in total. The van der Waals surface area contributed by atoms with E-state index in [-0.39, 0.29) is 0 Å². The van der Waals surface area contributed by atoms with Gasteiger partial charge in [0.2, 0.25) is 0 Å². The van der Waals surface area contributed by atoms with Crippen molar-refractivity contribution in [1.29, 1.82) is 0 Å². The van der Waals surface area contributed by atoms with E-state index in [9.17, 15) is 9.59 Å². The largest absolute Gasteiger partial charge is 0.494 e. The van der Waals surface area contributed by atoms with Gasteiger partial charge in [0.15, 0.2) is 0 Å². The predicted molar refractivity (Wildman–Crippen MR) is 77.8 cm³/mol. The zero-order valence-corrected chi connectivity index (χ0v) is 11.7. The first-order valence-electron chi connectivity index (χ1n) is 6.81. The molecule has 4 heteroatoms. The maximum atomic E-state index is 11.0. The van der Waals surface area contributed by atoms with Crippen molar-refractivity contribution < 1.29 is 19.4 Å². The summed E-state index contributed by atoms with van der Waals surface area (Å²) in [5.74, 6) is -1.66. The van der Waals surface area contributed by atoms with Gasteiger partial charge in [0, 0.05) is 0 Å². The van der Waals surface area contributed by atoms with E-state index in [0.717, 1.165) is 30.2 Å². The second-order valence-corrected chi connectivity index (χ2v) is 4.48. The summed E-state index contributed by atoms with van der Waals surface area (Å²) >= 11 is 0. The molecule has 1 N–H and O–H groups in total. The van der Waals surface area contributed by atoms with Gasteiger partial charge in [-0.3, -0.25) is 4.79 Å². The van der Waals surface area contributed by atoms with Crippen LogP contribution in [-0.2, 0) is 9.59 Å². The molecule has 0 unspecified atom stereocenters. The normalized spacial score (nSPS) is 10.7. The first-order chi connectivity index (χ1) is 9.63. The van der Waals surface area contributed by atoms with Crippen LogP contribution in [0.25, 0.3) is 6.08 Å². The fourth-order valence-corrected chi connectivity index (χ4v) is 1.67. The Kier molecular flexibility index (Phi) is 7.11. The van der Waals surface area contributed by atoms with Crippen LogP contribution >= 0.6 is 0 Å². The van der Waals surface area contributed by atoms with Gasteiger partial charge >= 0.3 is 5.97 Å². The van der Waals surface area contributed by atoms with Crippen LogP contribution < -0.4 is 4.74 Å². The molecule has 0 saturated heterocycles. The molecule has 0 bridgehead atoms. The molecule has 1 rings (SSSR count). The Morgan fingerprint density at radius 3 is 2.75 bits per heavy atom. The van der Waals surface area contributed by atoms with Gasteiger partial charge in [-0.2, -0.15) is 0 Å². The number of carboxylic acids is 1. The summed E-state index contributed by atoms with van der Waals surface area (Å²) in [5, 5.41) is 8.48. The molecule has 108 valence electrons. The topological polar surface area (TPSA) is 63.6 Å². The van der Waals surface area contributed by atoms with Crippen molar-refractivity contribution in [3.8, 4) is 5.75 Å². The standard InChI is InChI=1S/C16H20O4/c1-2-3-4-5-11-20-14-8-6-7-13(12-14)9-10-15(17)16(18)19/h6-10,12H,2-5,11H2,1H3,(H,18,19)/b10-9+. The minimum absolute atomic E-state index is 0.668. The zero-order valence-electron chi connectivity index (χ0n) is 11.7. The molecule has 0 aliphatic rings. The van der Waals surface area contributed by atoms with Gasteiger partial charge in [-0.15, -0.1) is 0 Å². The first kappa shape index (κ1) is 16.0. The van der Waals surface area contributed by atoms with E-state index in [4.69, 9.17) is 9.84 Å². The van der Waals surface area contributed by atoms with Crippen molar-refractivity contribution in [2.45, 2.75) is 32.6 Å². The fraction of sp³-hybridized carbons (Fsp3) is 0.375. The van der Waals surface area contributed by atoms with Crippen LogP contribution in [0.3, 0.4) is 0 Å². The first-order valence-corrected chi connectivity index (χ1v) is 6.81. The molecular formula is C16H20O4. The van der Waals surface area contributed by atoms with Gasteiger partial charge in [0.05, 0.1) is 6.61 Å². The predicted octanol–water partition coefficient (Wildman–Crippen LogP) is 3.31. The zero-order chi connectivity index (χ0) is 14.8. The average molecular weight is 276 g/mol. The third kappa shape index (κ3) is 6.18. The van der Waals surface area contributed by atoms with E-state index in [1.54, 1.807) is 12.1 Å². The lowest BCUT2D eigenvalue weighted by atomic mass is 10.2. The summed E-state index contributed by atoms with van der Waals surface area (Å²) < 4.78 is 5.61. The highest BCUT2D eigenvalue weighted by Gasteiger charge is 2.05. The molecule has 20 heavy (non-hydrogen) atoms. The van der Waals surface area contributed by atoms with Gasteiger partial charge in [-0.05, 0) is 30.2 Å². The third-order valence-corrected chi connectivity index (χ3v) is 2.76. The second kappa shape index (κ2) is 8.91. The minimum Gasteiger partial charge on any atom is -0.494 e. The Labute approximate surface area is 119 Å². The molecule has 0 spiro atoms. The Balaban J connectivity index is 2.49. The van der Waals surface area contributed by atoms with Crippen molar-refractivity contribution in [2.75, 3.05) is 6.61 Å². The molecule has 1 aromatic carbocycles. The van der Waals surface area contributed by atoms with Crippen LogP contribution in [0.1, 0.15) is 38.2 Å². The van der Waals surface area contributed by atoms with Gasteiger partial charge < -0.3 is 9.84 Å². The van der Waals surface area contributed by atoms with Gasteiger partial charge in [-0.1, -0.05) is 44.4 Å². The van der Waals surface area contributed by atoms with E-state index >= 15 is 0 Å². The summed E-state index contributed by atoms with van der Waals surface area (Å²) in [6.07, 6.45) is 7.10. The Hall–Kier alpha value is -2.10. The molecular weight excluding hydrogens is 256 g/mol. The maximum absolute atomic E-state index is 11.0. The van der Waals surface area contributed by atoms with Crippen LogP contribution in [0.5, 0.6) is 5.75 Å². The van der Waals surface area contributed by atoms with Gasteiger partial charge in [0.1, 0.15) is 5.75 Å². The molecule has 0 atom stereocenters. The van der Waals surface area contributed by atoms with Gasteiger partial charge in [-0.25, -0.2) is 4.79 Å². The number of carboxylic acid groups (broad SMARTS) is 1. The lowest BCUT2D eigenvalue weighted by Gasteiger charge is -2.06. The molecule has 0 heterocycles. The smallest absolute Gasteiger partial charge is 0.376 e. The highest BCUT2D eigenvalue weighted by molar-refractivity contribution is 6.38. The molecule has 0 fully saturated rings. The molecule has 0 saturated carbocycles. The van der Waals surface area contributed by atoms with Crippen LogP contribution in [0.4, 0.5) is 0 Å². The quantitative estimate of drug-likeness (QED) is 0.427. The molecule has 0 amide bonds. The fourth-order valence-electron chi connectivity index (χ4n) is 1.67. The summed E-state index contributed by atoms with van der Waals surface area (Å²) in [5.41, 5.74) is 0.741. The number of hydrogen-bond acceptors (Lipinski definition) is 3. The number of benzene rings is 1. The highest BCUT2D eigenvalue weighted by Crippen LogP contribution is 2.15. The molecule has 0 aliphatic carbocycles. The molecule has 0 aliphatic heterocycles. The SMILES string of the molecule is CCCCCCOc1cccc(/C=C/C(=O)C(=O)O)c1. The van der Waals surface area contributed by atoms with Crippen molar-refractivity contribution in [2.24, 2.45) is 0 Å². The summed E-state index contributed by atoms with van der Waals surface area (Å²) in [7, 11) is 0. The monoisotopic (exact) mass is 276 g/mol. The Bertz CT molecular complexity index is 477. The van der Waals surface area contributed by atoms with Crippen molar-refractivity contribution in [3.05, 3.63) is 35.9 Å². The summed E-state index contributed by atoms with van der Waals surface area (Å²) in [6.45, 7) is 2.83. The molecule has 0 aromatic heterocycles. The van der Waals surface area contributed by atoms with Crippen LogP contribution in [0, 0.1) is 0 Å².